The highest BCUT2D eigenvalue weighted by atomic mass is 79.9. The number of carboxylic acid groups (broad SMARTS) is 1. The fraction of sp³-hybridized carbons (Fsp3) is 0.0500. The summed E-state index contributed by atoms with van der Waals surface area (Å²) in [6.07, 6.45) is 0. The molecule has 0 aliphatic rings. The largest absolute Gasteiger partial charge is 0.478 e. The fourth-order valence-corrected chi connectivity index (χ4v) is 3.26. The molecule has 2 N–H and O–H groups in total. The van der Waals surface area contributed by atoms with E-state index in [1.54, 1.807) is 42.5 Å². The molecule has 0 saturated heterocycles. The average Bonchev–Trinajstić information content (AvgIpc) is 2.62. The van der Waals surface area contributed by atoms with Crippen molar-refractivity contribution in [2.24, 2.45) is 0 Å². The maximum atomic E-state index is 11.6. The van der Waals surface area contributed by atoms with Gasteiger partial charge in [-0.1, -0.05) is 63.4 Å². The summed E-state index contributed by atoms with van der Waals surface area (Å²) in [6, 6.07) is 19.7. The van der Waals surface area contributed by atoms with Crippen LogP contribution in [-0.2, 0) is 0 Å². The fourth-order valence-electron chi connectivity index (χ4n) is 2.64. The molecular formula is C20H14BrCl2NO2. The Morgan fingerprint density at radius 1 is 0.885 bits per heavy atom. The van der Waals surface area contributed by atoms with Gasteiger partial charge in [0.2, 0.25) is 0 Å². The summed E-state index contributed by atoms with van der Waals surface area (Å²) < 4.78 is 0.704. The summed E-state index contributed by atoms with van der Waals surface area (Å²) in [4.78, 5) is 11.6. The molecule has 0 aliphatic heterocycles. The van der Waals surface area contributed by atoms with E-state index >= 15 is 0 Å². The molecule has 0 fully saturated rings. The first-order chi connectivity index (χ1) is 12.4. The van der Waals surface area contributed by atoms with E-state index in [-0.39, 0.29) is 11.6 Å². The second kappa shape index (κ2) is 8.12. The molecule has 0 heterocycles. The van der Waals surface area contributed by atoms with Crippen LogP contribution in [0.15, 0.2) is 71.2 Å². The molecule has 6 heteroatoms. The highest BCUT2D eigenvalue weighted by molar-refractivity contribution is 9.10. The van der Waals surface area contributed by atoms with Crippen LogP contribution in [0.1, 0.15) is 27.5 Å². The third-order valence-electron chi connectivity index (χ3n) is 3.92. The van der Waals surface area contributed by atoms with Crippen LogP contribution in [0.2, 0.25) is 10.0 Å². The van der Waals surface area contributed by atoms with Crippen molar-refractivity contribution in [3.8, 4) is 0 Å². The Morgan fingerprint density at radius 2 is 1.38 bits per heavy atom. The third kappa shape index (κ3) is 4.39. The van der Waals surface area contributed by atoms with Crippen molar-refractivity contribution in [1.82, 2.24) is 0 Å². The van der Waals surface area contributed by atoms with E-state index in [2.05, 4.69) is 21.2 Å². The second-order valence-corrected chi connectivity index (χ2v) is 7.46. The Labute approximate surface area is 169 Å². The molecule has 3 nitrogen and oxygen atoms in total. The van der Waals surface area contributed by atoms with Crippen LogP contribution in [0, 0.1) is 0 Å². The first kappa shape index (κ1) is 18.8. The Hall–Kier alpha value is -2.01. The maximum absolute atomic E-state index is 11.6. The first-order valence-corrected chi connectivity index (χ1v) is 9.29. The van der Waals surface area contributed by atoms with E-state index in [0.29, 0.717) is 20.2 Å². The molecule has 132 valence electrons. The van der Waals surface area contributed by atoms with Gasteiger partial charge in [-0.25, -0.2) is 4.79 Å². The predicted octanol–water partition coefficient (Wildman–Crippen LogP) is 6.66. The summed E-state index contributed by atoms with van der Waals surface area (Å²) in [5.41, 5.74) is 2.62. The topological polar surface area (TPSA) is 49.3 Å². The van der Waals surface area contributed by atoms with Gasteiger partial charge in [-0.2, -0.15) is 0 Å². The quantitative estimate of drug-likeness (QED) is 0.457. The van der Waals surface area contributed by atoms with Crippen molar-refractivity contribution >= 4 is 50.8 Å². The SMILES string of the molecule is O=C(O)c1cc(Br)ccc1NC(c1ccc(Cl)cc1)c1ccc(Cl)cc1. The first-order valence-electron chi connectivity index (χ1n) is 7.74. The summed E-state index contributed by atoms with van der Waals surface area (Å²) in [6.45, 7) is 0. The van der Waals surface area contributed by atoms with Crippen LogP contribution in [0.5, 0.6) is 0 Å². The lowest BCUT2D eigenvalue weighted by Gasteiger charge is -2.22. The molecule has 0 aromatic heterocycles. The smallest absolute Gasteiger partial charge is 0.337 e. The standard InChI is InChI=1S/C20H14BrCl2NO2/c21-14-5-10-18(17(11-14)20(25)26)24-19(12-1-6-15(22)7-2-12)13-3-8-16(23)9-4-13/h1-11,19,24H,(H,25,26). The Kier molecular flexibility index (Phi) is 5.87. The zero-order chi connectivity index (χ0) is 18.7. The number of aromatic carboxylic acids is 1. The highest BCUT2D eigenvalue weighted by Gasteiger charge is 2.18. The molecule has 26 heavy (non-hydrogen) atoms. The summed E-state index contributed by atoms with van der Waals surface area (Å²) in [7, 11) is 0. The van der Waals surface area contributed by atoms with Crippen LogP contribution in [0.25, 0.3) is 0 Å². The summed E-state index contributed by atoms with van der Waals surface area (Å²) >= 11 is 15.3. The van der Waals surface area contributed by atoms with E-state index in [9.17, 15) is 9.90 Å². The molecule has 0 spiro atoms. The lowest BCUT2D eigenvalue weighted by molar-refractivity contribution is 0.0698. The molecule has 0 unspecified atom stereocenters. The van der Waals surface area contributed by atoms with Gasteiger partial charge in [-0.3, -0.25) is 0 Å². The van der Waals surface area contributed by atoms with Crippen LogP contribution in [0.4, 0.5) is 5.69 Å². The van der Waals surface area contributed by atoms with Crippen molar-refractivity contribution < 1.29 is 9.90 Å². The zero-order valence-electron chi connectivity index (χ0n) is 13.4. The van der Waals surface area contributed by atoms with Crippen LogP contribution >= 0.6 is 39.1 Å². The number of halogens is 3. The van der Waals surface area contributed by atoms with Crippen molar-refractivity contribution in [2.75, 3.05) is 5.32 Å². The molecule has 0 amide bonds. The average molecular weight is 451 g/mol. The van der Waals surface area contributed by atoms with Gasteiger partial charge in [0.1, 0.15) is 0 Å². The number of rotatable bonds is 5. The number of hydrogen-bond acceptors (Lipinski definition) is 2. The molecule has 0 bridgehead atoms. The van der Waals surface area contributed by atoms with Gasteiger partial charge >= 0.3 is 5.97 Å². The monoisotopic (exact) mass is 449 g/mol. The second-order valence-electron chi connectivity index (χ2n) is 5.68. The minimum absolute atomic E-state index is 0.187. The maximum Gasteiger partial charge on any atom is 0.337 e. The van der Waals surface area contributed by atoms with Gasteiger partial charge in [-0.15, -0.1) is 0 Å². The lowest BCUT2D eigenvalue weighted by Crippen LogP contribution is -2.15. The molecule has 0 saturated carbocycles. The van der Waals surface area contributed by atoms with E-state index in [1.807, 2.05) is 24.3 Å². The summed E-state index contributed by atoms with van der Waals surface area (Å²) in [5, 5.41) is 14.1. The van der Waals surface area contributed by atoms with Crippen LogP contribution in [0.3, 0.4) is 0 Å². The highest BCUT2D eigenvalue weighted by Crippen LogP contribution is 2.31. The van der Waals surface area contributed by atoms with E-state index in [4.69, 9.17) is 23.2 Å². The molecule has 3 aromatic rings. The lowest BCUT2D eigenvalue weighted by atomic mass is 9.98. The van der Waals surface area contributed by atoms with Gasteiger partial charge in [0.25, 0.3) is 0 Å². The Balaban J connectivity index is 2.05. The van der Waals surface area contributed by atoms with Gasteiger partial charge < -0.3 is 10.4 Å². The molecule has 0 aliphatic carbocycles. The minimum Gasteiger partial charge on any atom is -0.478 e. The number of nitrogens with one attached hydrogen (secondary N) is 1. The van der Waals surface area contributed by atoms with Crippen molar-refractivity contribution in [3.63, 3.8) is 0 Å². The van der Waals surface area contributed by atoms with Crippen molar-refractivity contribution in [2.45, 2.75) is 6.04 Å². The number of hydrogen-bond donors (Lipinski definition) is 2. The number of benzene rings is 3. The van der Waals surface area contributed by atoms with E-state index < -0.39 is 5.97 Å². The van der Waals surface area contributed by atoms with Gasteiger partial charge in [0.05, 0.1) is 11.6 Å². The van der Waals surface area contributed by atoms with Gasteiger partial charge in [-0.05, 0) is 53.6 Å². The third-order valence-corrected chi connectivity index (χ3v) is 4.92. The molecule has 0 radical (unpaired) electrons. The minimum atomic E-state index is -1.00. The molecule has 3 rings (SSSR count). The van der Waals surface area contributed by atoms with Crippen molar-refractivity contribution in [3.05, 3.63) is 97.9 Å². The van der Waals surface area contributed by atoms with E-state index in [1.165, 1.54) is 0 Å². The number of carbonyl (C=O) groups is 1. The normalized spacial score (nSPS) is 10.8. The Bertz CT molecular complexity index is 882. The van der Waals surface area contributed by atoms with Gasteiger partial charge in [0, 0.05) is 20.2 Å². The summed E-state index contributed by atoms with van der Waals surface area (Å²) in [5.74, 6) is -1.00. The zero-order valence-corrected chi connectivity index (χ0v) is 16.5. The molecular weight excluding hydrogens is 437 g/mol. The predicted molar refractivity (Wildman–Crippen MR) is 109 cm³/mol. The number of anilines is 1. The molecule has 3 aromatic carbocycles. The Morgan fingerprint density at radius 3 is 1.85 bits per heavy atom. The van der Waals surface area contributed by atoms with Crippen LogP contribution < -0.4 is 5.32 Å². The van der Waals surface area contributed by atoms with E-state index in [0.717, 1.165) is 11.1 Å². The van der Waals surface area contributed by atoms with Gasteiger partial charge in [0.15, 0.2) is 0 Å². The number of carboxylic acids is 1. The molecule has 0 atom stereocenters. The van der Waals surface area contributed by atoms with Crippen LogP contribution in [-0.4, -0.2) is 11.1 Å². The van der Waals surface area contributed by atoms with Crippen molar-refractivity contribution in [1.29, 1.82) is 0 Å².